The third kappa shape index (κ3) is 2.24. The Labute approximate surface area is 125 Å². The molecule has 106 valence electrons. The van der Waals surface area contributed by atoms with Gasteiger partial charge in [-0.3, -0.25) is 10.5 Å². The molecule has 6 nitrogen and oxygen atoms in total. The molecule has 0 radical (unpaired) electrons. The van der Waals surface area contributed by atoms with E-state index < -0.39 is 0 Å². The van der Waals surface area contributed by atoms with Crippen LogP contribution in [0.2, 0.25) is 0 Å². The van der Waals surface area contributed by atoms with Crippen LogP contribution in [0.1, 0.15) is 17.5 Å². The fourth-order valence-corrected chi connectivity index (χ4v) is 3.63. The Balaban J connectivity index is 1.75. The lowest BCUT2D eigenvalue weighted by molar-refractivity contribution is 0.911. The van der Waals surface area contributed by atoms with Crippen LogP contribution in [-0.2, 0) is 12.8 Å². The molecule has 1 aliphatic carbocycles. The first-order chi connectivity index (χ1) is 10.3. The van der Waals surface area contributed by atoms with Crippen LogP contribution < -0.4 is 11.3 Å². The number of aromatic amines is 1. The zero-order chi connectivity index (χ0) is 14.2. The Morgan fingerprint density at radius 1 is 1.19 bits per heavy atom. The monoisotopic (exact) mass is 298 g/mol. The fourth-order valence-electron chi connectivity index (χ4n) is 2.67. The number of nitrogens with zero attached hydrogens (tertiary/aromatic N) is 3. The molecule has 1 aromatic carbocycles. The lowest BCUT2D eigenvalue weighted by atomic mass is 10.1. The fraction of sp³-hybridized carbons (Fsp3) is 0.214. The second kappa shape index (κ2) is 5.01. The van der Waals surface area contributed by atoms with Crippen LogP contribution in [0.5, 0.6) is 0 Å². The van der Waals surface area contributed by atoms with Crippen molar-refractivity contribution in [2.75, 3.05) is 5.43 Å². The standard InChI is InChI=1S/C14H14N6S/c15-19-14-17-12-11(7-16-20-12)13(18-14)21-10-5-4-8-2-1-3-9(8)6-10/h4-7H,1-3,15H2,(H2,16,17,18,19,20). The van der Waals surface area contributed by atoms with E-state index in [0.29, 0.717) is 11.6 Å². The van der Waals surface area contributed by atoms with Gasteiger partial charge in [-0.2, -0.15) is 10.1 Å². The number of hydrazine groups is 1. The number of H-pyrrole nitrogens is 1. The van der Waals surface area contributed by atoms with Crippen molar-refractivity contribution in [2.45, 2.75) is 29.2 Å². The minimum absolute atomic E-state index is 0.385. The molecule has 1 aliphatic rings. The largest absolute Gasteiger partial charge is 0.292 e. The van der Waals surface area contributed by atoms with Crippen molar-refractivity contribution in [2.24, 2.45) is 5.84 Å². The number of hydrogen-bond acceptors (Lipinski definition) is 6. The zero-order valence-electron chi connectivity index (χ0n) is 11.3. The van der Waals surface area contributed by atoms with Crippen LogP contribution in [0, 0.1) is 0 Å². The summed E-state index contributed by atoms with van der Waals surface area (Å²) in [6.07, 6.45) is 5.36. The van der Waals surface area contributed by atoms with E-state index in [1.807, 2.05) is 0 Å². The molecular weight excluding hydrogens is 284 g/mol. The number of nitrogens with two attached hydrogens (primary N) is 1. The molecule has 0 atom stereocenters. The van der Waals surface area contributed by atoms with E-state index in [1.54, 1.807) is 18.0 Å². The average Bonchev–Trinajstić information content (AvgIpc) is 3.14. The molecule has 3 aromatic rings. The maximum Gasteiger partial charge on any atom is 0.240 e. The van der Waals surface area contributed by atoms with Gasteiger partial charge >= 0.3 is 0 Å². The van der Waals surface area contributed by atoms with Gasteiger partial charge in [-0.05, 0) is 42.5 Å². The molecule has 0 saturated carbocycles. The van der Waals surface area contributed by atoms with Crippen molar-refractivity contribution in [3.63, 3.8) is 0 Å². The molecule has 7 heteroatoms. The van der Waals surface area contributed by atoms with Crippen LogP contribution >= 0.6 is 11.8 Å². The Morgan fingerprint density at radius 3 is 3.00 bits per heavy atom. The highest BCUT2D eigenvalue weighted by Gasteiger charge is 2.14. The van der Waals surface area contributed by atoms with Gasteiger partial charge in [0.25, 0.3) is 0 Å². The van der Waals surface area contributed by atoms with E-state index in [0.717, 1.165) is 10.4 Å². The number of anilines is 1. The van der Waals surface area contributed by atoms with Gasteiger partial charge in [-0.25, -0.2) is 10.8 Å². The number of nitrogen functional groups attached to an aromatic ring is 1. The number of fused-ring (bicyclic) bond motifs is 2. The molecule has 0 aliphatic heterocycles. The maximum atomic E-state index is 5.43. The summed E-state index contributed by atoms with van der Waals surface area (Å²) in [4.78, 5) is 9.85. The van der Waals surface area contributed by atoms with Crippen molar-refractivity contribution in [1.82, 2.24) is 20.2 Å². The second-order valence-electron chi connectivity index (χ2n) is 5.02. The number of aryl methyl sites for hydroxylation is 2. The van der Waals surface area contributed by atoms with Gasteiger partial charge in [0.2, 0.25) is 5.95 Å². The Bertz CT molecular complexity index is 812. The summed E-state index contributed by atoms with van der Waals surface area (Å²) in [5.41, 5.74) is 6.10. The molecule has 0 saturated heterocycles. The van der Waals surface area contributed by atoms with Crippen molar-refractivity contribution in [3.8, 4) is 0 Å². The lowest BCUT2D eigenvalue weighted by Gasteiger charge is -2.06. The summed E-state index contributed by atoms with van der Waals surface area (Å²) in [7, 11) is 0. The zero-order valence-corrected chi connectivity index (χ0v) is 12.1. The molecule has 0 spiro atoms. The van der Waals surface area contributed by atoms with Crippen molar-refractivity contribution in [3.05, 3.63) is 35.5 Å². The van der Waals surface area contributed by atoms with Gasteiger partial charge in [0.05, 0.1) is 11.6 Å². The summed E-state index contributed by atoms with van der Waals surface area (Å²) in [5, 5.41) is 8.63. The Morgan fingerprint density at radius 2 is 2.10 bits per heavy atom. The van der Waals surface area contributed by atoms with E-state index in [9.17, 15) is 0 Å². The lowest BCUT2D eigenvalue weighted by Crippen LogP contribution is -2.10. The minimum atomic E-state index is 0.385. The highest BCUT2D eigenvalue weighted by atomic mass is 32.2. The van der Waals surface area contributed by atoms with Crippen molar-refractivity contribution in [1.29, 1.82) is 0 Å². The second-order valence-corrected chi connectivity index (χ2v) is 6.08. The smallest absolute Gasteiger partial charge is 0.240 e. The highest BCUT2D eigenvalue weighted by molar-refractivity contribution is 7.99. The topological polar surface area (TPSA) is 92.5 Å². The summed E-state index contributed by atoms with van der Waals surface area (Å²) in [6.45, 7) is 0. The molecule has 0 bridgehead atoms. The first-order valence-corrected chi connectivity index (χ1v) is 7.62. The van der Waals surface area contributed by atoms with E-state index in [-0.39, 0.29) is 0 Å². The molecule has 0 amide bonds. The SMILES string of the molecule is NNc1nc(Sc2ccc3c(c2)CCC3)c2cn[nH]c2n1. The molecular formula is C14H14N6S. The van der Waals surface area contributed by atoms with Gasteiger partial charge in [-0.1, -0.05) is 17.8 Å². The summed E-state index contributed by atoms with van der Waals surface area (Å²) >= 11 is 1.61. The van der Waals surface area contributed by atoms with Crippen LogP contribution in [0.4, 0.5) is 5.95 Å². The predicted octanol–water partition coefficient (Wildman–Crippen LogP) is 2.28. The van der Waals surface area contributed by atoms with Crippen molar-refractivity contribution < 1.29 is 0 Å². The first-order valence-electron chi connectivity index (χ1n) is 6.81. The van der Waals surface area contributed by atoms with Gasteiger partial charge < -0.3 is 0 Å². The third-order valence-corrected chi connectivity index (χ3v) is 4.68. The summed E-state index contributed by atoms with van der Waals surface area (Å²) < 4.78 is 0. The third-order valence-electron chi connectivity index (χ3n) is 3.69. The Kier molecular flexibility index (Phi) is 3.01. The quantitative estimate of drug-likeness (QED) is 0.390. The molecule has 2 heterocycles. The molecule has 4 rings (SSSR count). The van der Waals surface area contributed by atoms with Gasteiger partial charge in [0.15, 0.2) is 5.65 Å². The number of benzene rings is 1. The number of nitrogens with one attached hydrogen (secondary N) is 2. The number of aromatic nitrogens is 4. The number of hydrogen-bond donors (Lipinski definition) is 3. The normalized spacial score (nSPS) is 13.6. The molecule has 0 fully saturated rings. The van der Waals surface area contributed by atoms with E-state index in [4.69, 9.17) is 5.84 Å². The number of rotatable bonds is 3. The molecule has 0 unspecified atom stereocenters. The average molecular weight is 298 g/mol. The van der Waals surface area contributed by atoms with Crippen LogP contribution in [-0.4, -0.2) is 20.2 Å². The van der Waals surface area contributed by atoms with Crippen LogP contribution in [0.25, 0.3) is 11.0 Å². The van der Waals surface area contributed by atoms with Crippen molar-refractivity contribution >= 4 is 28.7 Å². The summed E-state index contributed by atoms with van der Waals surface area (Å²) in [5.74, 6) is 5.81. The van der Waals surface area contributed by atoms with E-state index >= 15 is 0 Å². The summed E-state index contributed by atoms with van der Waals surface area (Å²) in [6, 6.07) is 6.63. The maximum absolute atomic E-state index is 5.43. The van der Waals surface area contributed by atoms with Gasteiger partial charge in [-0.15, -0.1) is 0 Å². The van der Waals surface area contributed by atoms with Crippen LogP contribution in [0.3, 0.4) is 0 Å². The molecule has 4 N–H and O–H groups in total. The van der Waals surface area contributed by atoms with Crippen LogP contribution in [0.15, 0.2) is 34.3 Å². The molecule has 21 heavy (non-hydrogen) atoms. The predicted molar refractivity (Wildman–Crippen MR) is 82.1 cm³/mol. The minimum Gasteiger partial charge on any atom is -0.292 e. The first kappa shape index (κ1) is 12.6. The van der Waals surface area contributed by atoms with Gasteiger partial charge in [0, 0.05) is 4.90 Å². The van der Waals surface area contributed by atoms with Gasteiger partial charge in [0.1, 0.15) is 5.03 Å². The van der Waals surface area contributed by atoms with E-state index in [2.05, 4.69) is 43.8 Å². The van der Waals surface area contributed by atoms with E-state index in [1.165, 1.54) is 35.3 Å². The Hall–Kier alpha value is -2.12. The molecule has 2 aromatic heterocycles. The highest BCUT2D eigenvalue weighted by Crippen LogP contribution is 2.34.